The summed E-state index contributed by atoms with van der Waals surface area (Å²) >= 11 is 9.91. The first-order valence-electron chi connectivity index (χ1n) is 5.65. The average Bonchev–Trinajstić information content (AvgIpc) is 2.28. The van der Waals surface area contributed by atoms with Gasteiger partial charge in [-0.25, -0.2) is 4.39 Å². The van der Waals surface area contributed by atoms with Crippen molar-refractivity contribution >= 4 is 27.5 Å². The smallest absolute Gasteiger partial charge is 0.123 e. The Labute approximate surface area is 120 Å². The van der Waals surface area contributed by atoms with Crippen molar-refractivity contribution in [2.75, 3.05) is 0 Å². The molecule has 0 heterocycles. The van der Waals surface area contributed by atoms with Crippen LogP contribution in [0.25, 0.3) is 0 Å². The van der Waals surface area contributed by atoms with E-state index in [1.165, 1.54) is 12.1 Å². The van der Waals surface area contributed by atoms with Gasteiger partial charge in [-0.1, -0.05) is 28.1 Å². The minimum atomic E-state index is -0.251. The Morgan fingerprint density at radius 1 is 1.06 bits per heavy atom. The first-order chi connectivity index (χ1) is 8.49. The third-order valence-electron chi connectivity index (χ3n) is 2.97. The molecule has 0 spiro atoms. The van der Waals surface area contributed by atoms with Gasteiger partial charge in [0.2, 0.25) is 0 Å². The van der Waals surface area contributed by atoms with Crippen LogP contribution in [0.15, 0.2) is 40.9 Å². The monoisotopic (exact) mass is 326 g/mol. The molecule has 0 aromatic heterocycles. The molecule has 2 aromatic rings. The van der Waals surface area contributed by atoms with E-state index in [-0.39, 0.29) is 11.2 Å². The minimum Gasteiger partial charge on any atom is -0.207 e. The molecule has 0 aliphatic carbocycles. The maximum atomic E-state index is 13.3. The number of alkyl halides is 1. The van der Waals surface area contributed by atoms with Crippen molar-refractivity contribution in [2.45, 2.75) is 19.2 Å². The largest absolute Gasteiger partial charge is 0.207 e. The van der Waals surface area contributed by atoms with E-state index in [1.54, 1.807) is 0 Å². The van der Waals surface area contributed by atoms with Gasteiger partial charge in [0, 0.05) is 4.47 Å². The summed E-state index contributed by atoms with van der Waals surface area (Å²) in [7, 11) is 0. The molecule has 0 fully saturated rings. The molecule has 0 bridgehead atoms. The molecule has 0 saturated heterocycles. The quantitative estimate of drug-likeness (QED) is 0.636. The molecule has 0 saturated carbocycles. The molecule has 0 nitrogen and oxygen atoms in total. The molecule has 2 rings (SSSR count). The van der Waals surface area contributed by atoms with Gasteiger partial charge in [0.25, 0.3) is 0 Å². The summed E-state index contributed by atoms with van der Waals surface area (Å²) in [6.07, 6.45) is 0. The normalized spacial score (nSPS) is 12.5. The molecule has 2 aromatic carbocycles. The molecule has 0 amide bonds. The van der Waals surface area contributed by atoms with E-state index in [1.807, 2.05) is 38.1 Å². The van der Waals surface area contributed by atoms with Crippen molar-refractivity contribution in [1.82, 2.24) is 0 Å². The number of aryl methyl sites for hydroxylation is 2. The van der Waals surface area contributed by atoms with Crippen LogP contribution in [0.5, 0.6) is 0 Å². The fraction of sp³-hybridized carbons (Fsp3) is 0.200. The number of benzene rings is 2. The number of rotatable bonds is 2. The van der Waals surface area contributed by atoms with Gasteiger partial charge in [0.1, 0.15) is 5.82 Å². The molecular weight excluding hydrogens is 315 g/mol. The topological polar surface area (TPSA) is 0 Å². The molecule has 94 valence electrons. The number of halogens is 3. The second kappa shape index (κ2) is 5.41. The van der Waals surface area contributed by atoms with Gasteiger partial charge >= 0.3 is 0 Å². The Morgan fingerprint density at radius 2 is 1.56 bits per heavy atom. The lowest BCUT2D eigenvalue weighted by molar-refractivity contribution is 0.624. The highest BCUT2D eigenvalue weighted by molar-refractivity contribution is 9.10. The molecule has 0 N–H and O–H groups in total. The van der Waals surface area contributed by atoms with Gasteiger partial charge in [-0.15, -0.1) is 11.6 Å². The number of hydrogen-bond acceptors (Lipinski definition) is 0. The Hall–Kier alpha value is -0.860. The third-order valence-corrected chi connectivity index (χ3v) is 3.97. The standard InChI is InChI=1S/C15H13BrClF/c1-9-7-13(18)8-10(2)14(9)15(17)11-3-5-12(16)6-4-11/h3-8,15H,1-2H3. The maximum absolute atomic E-state index is 13.3. The van der Waals surface area contributed by atoms with Gasteiger partial charge in [-0.3, -0.25) is 0 Å². The summed E-state index contributed by atoms with van der Waals surface area (Å²) < 4.78 is 14.3. The molecule has 18 heavy (non-hydrogen) atoms. The van der Waals surface area contributed by atoms with Crippen molar-refractivity contribution in [1.29, 1.82) is 0 Å². The Balaban J connectivity index is 2.46. The van der Waals surface area contributed by atoms with E-state index < -0.39 is 0 Å². The molecule has 1 unspecified atom stereocenters. The van der Waals surface area contributed by atoms with Gasteiger partial charge in [-0.2, -0.15) is 0 Å². The predicted molar refractivity (Wildman–Crippen MR) is 77.7 cm³/mol. The zero-order valence-corrected chi connectivity index (χ0v) is 12.5. The van der Waals surface area contributed by atoms with E-state index in [0.29, 0.717) is 0 Å². The van der Waals surface area contributed by atoms with Crippen LogP contribution in [0.2, 0.25) is 0 Å². The maximum Gasteiger partial charge on any atom is 0.123 e. The van der Waals surface area contributed by atoms with Gasteiger partial charge in [0.15, 0.2) is 0 Å². The van der Waals surface area contributed by atoms with Gasteiger partial charge in [-0.05, 0) is 60.4 Å². The van der Waals surface area contributed by atoms with Crippen LogP contribution in [0, 0.1) is 19.7 Å². The Kier molecular flexibility index (Phi) is 4.08. The molecular formula is C15H13BrClF. The summed E-state index contributed by atoms with van der Waals surface area (Å²) in [5.74, 6) is -0.214. The summed E-state index contributed by atoms with van der Waals surface area (Å²) in [4.78, 5) is 0. The fourth-order valence-electron chi connectivity index (χ4n) is 2.12. The van der Waals surface area contributed by atoms with Crippen LogP contribution in [0.4, 0.5) is 4.39 Å². The molecule has 3 heteroatoms. The summed E-state index contributed by atoms with van der Waals surface area (Å²) in [5.41, 5.74) is 3.77. The molecule has 0 radical (unpaired) electrons. The Morgan fingerprint density at radius 3 is 2.06 bits per heavy atom. The van der Waals surface area contributed by atoms with Crippen molar-refractivity contribution in [3.8, 4) is 0 Å². The van der Waals surface area contributed by atoms with Crippen LogP contribution >= 0.6 is 27.5 Å². The summed E-state index contributed by atoms with van der Waals surface area (Å²) in [6.45, 7) is 3.78. The number of hydrogen-bond donors (Lipinski definition) is 0. The van der Waals surface area contributed by atoms with Crippen molar-refractivity contribution < 1.29 is 4.39 Å². The zero-order chi connectivity index (χ0) is 13.3. The summed E-state index contributed by atoms with van der Waals surface area (Å²) in [6, 6.07) is 10.9. The Bertz CT molecular complexity index is 540. The highest BCUT2D eigenvalue weighted by Crippen LogP contribution is 2.34. The lowest BCUT2D eigenvalue weighted by Gasteiger charge is -2.16. The first-order valence-corrected chi connectivity index (χ1v) is 6.88. The second-order valence-electron chi connectivity index (χ2n) is 4.37. The van der Waals surface area contributed by atoms with E-state index >= 15 is 0 Å². The van der Waals surface area contributed by atoms with E-state index in [4.69, 9.17) is 11.6 Å². The van der Waals surface area contributed by atoms with E-state index in [2.05, 4.69) is 15.9 Å². The highest BCUT2D eigenvalue weighted by Gasteiger charge is 2.16. The van der Waals surface area contributed by atoms with Crippen molar-refractivity contribution in [2.24, 2.45) is 0 Å². The fourth-order valence-corrected chi connectivity index (χ4v) is 2.87. The van der Waals surface area contributed by atoms with Crippen molar-refractivity contribution in [3.05, 3.63) is 68.9 Å². The van der Waals surface area contributed by atoms with Gasteiger partial charge in [0.05, 0.1) is 5.38 Å². The van der Waals surface area contributed by atoms with Crippen LogP contribution in [-0.4, -0.2) is 0 Å². The average molecular weight is 328 g/mol. The lowest BCUT2D eigenvalue weighted by atomic mass is 9.95. The van der Waals surface area contributed by atoms with Crippen LogP contribution in [-0.2, 0) is 0 Å². The van der Waals surface area contributed by atoms with Gasteiger partial charge < -0.3 is 0 Å². The zero-order valence-electron chi connectivity index (χ0n) is 10.2. The van der Waals surface area contributed by atoms with Crippen LogP contribution < -0.4 is 0 Å². The first kappa shape index (κ1) is 13.6. The van der Waals surface area contributed by atoms with Crippen LogP contribution in [0.1, 0.15) is 27.6 Å². The molecule has 0 aliphatic rings. The van der Waals surface area contributed by atoms with E-state index in [0.717, 1.165) is 26.7 Å². The van der Waals surface area contributed by atoms with Crippen molar-refractivity contribution in [3.63, 3.8) is 0 Å². The second-order valence-corrected chi connectivity index (χ2v) is 5.72. The summed E-state index contributed by atoms with van der Waals surface area (Å²) in [5, 5.41) is -0.251. The van der Waals surface area contributed by atoms with Crippen LogP contribution in [0.3, 0.4) is 0 Å². The SMILES string of the molecule is Cc1cc(F)cc(C)c1C(Cl)c1ccc(Br)cc1. The minimum absolute atomic E-state index is 0.214. The lowest BCUT2D eigenvalue weighted by Crippen LogP contribution is -2.00. The molecule has 1 atom stereocenters. The molecule has 0 aliphatic heterocycles. The van der Waals surface area contributed by atoms with E-state index in [9.17, 15) is 4.39 Å². The predicted octanol–water partition coefficient (Wildman–Crippen LogP) is 5.53. The highest BCUT2D eigenvalue weighted by atomic mass is 79.9. The third kappa shape index (κ3) is 2.76.